The van der Waals surface area contributed by atoms with Crippen molar-refractivity contribution in [2.24, 2.45) is 0 Å². The van der Waals surface area contributed by atoms with E-state index >= 15 is 0 Å². The molecule has 0 bridgehead atoms. The van der Waals surface area contributed by atoms with Crippen molar-refractivity contribution in [1.29, 1.82) is 0 Å². The highest BCUT2D eigenvalue weighted by atomic mass is 15.2. The second-order valence-electron chi connectivity index (χ2n) is 5.59. The Morgan fingerprint density at radius 3 is 2.62 bits per heavy atom. The first-order valence-corrected chi connectivity index (χ1v) is 7.46. The van der Waals surface area contributed by atoms with Gasteiger partial charge in [0.1, 0.15) is 11.6 Å². The van der Waals surface area contributed by atoms with Gasteiger partial charge in [-0.2, -0.15) is 5.10 Å². The first-order chi connectivity index (χ1) is 10.2. The lowest BCUT2D eigenvalue weighted by atomic mass is 10.0. The van der Waals surface area contributed by atoms with Crippen LogP contribution in [0.2, 0.25) is 0 Å². The Morgan fingerprint density at radius 2 is 1.95 bits per heavy atom. The maximum Gasteiger partial charge on any atom is 0.149 e. The molecule has 1 N–H and O–H groups in total. The smallest absolute Gasteiger partial charge is 0.149 e. The molecule has 1 fully saturated rings. The average Bonchev–Trinajstić information content (AvgIpc) is 2.53. The Hall–Kier alpha value is -2.17. The van der Waals surface area contributed by atoms with E-state index < -0.39 is 0 Å². The number of nitrogens with zero attached hydrogens (tertiary/aromatic N) is 4. The molecule has 5 heteroatoms. The lowest BCUT2D eigenvalue weighted by molar-refractivity contribution is 0.522. The molecule has 1 aliphatic heterocycles. The highest BCUT2D eigenvalue weighted by molar-refractivity contribution is 5.41. The molecular formula is C16H21N5. The van der Waals surface area contributed by atoms with Crippen molar-refractivity contribution >= 4 is 11.6 Å². The fourth-order valence-corrected chi connectivity index (χ4v) is 2.62. The normalized spacial score (nSPS) is 16.0. The summed E-state index contributed by atoms with van der Waals surface area (Å²) in [6, 6.07) is 8.60. The van der Waals surface area contributed by atoms with Crippen LogP contribution in [0.3, 0.4) is 0 Å². The maximum atomic E-state index is 4.42. The summed E-state index contributed by atoms with van der Waals surface area (Å²) in [6.45, 7) is 6.09. The molecule has 0 spiro atoms. The van der Waals surface area contributed by atoms with Crippen molar-refractivity contribution in [3.05, 3.63) is 41.7 Å². The predicted molar refractivity (Wildman–Crippen MR) is 84.6 cm³/mol. The van der Waals surface area contributed by atoms with Gasteiger partial charge in [0.2, 0.25) is 0 Å². The summed E-state index contributed by atoms with van der Waals surface area (Å²) in [5.74, 6) is 1.95. The van der Waals surface area contributed by atoms with Gasteiger partial charge in [0, 0.05) is 25.3 Å². The predicted octanol–water partition coefficient (Wildman–Crippen LogP) is 2.57. The van der Waals surface area contributed by atoms with Crippen LogP contribution in [0.25, 0.3) is 0 Å². The van der Waals surface area contributed by atoms with Gasteiger partial charge in [-0.05, 0) is 50.5 Å². The summed E-state index contributed by atoms with van der Waals surface area (Å²) < 4.78 is 0. The van der Waals surface area contributed by atoms with Crippen molar-refractivity contribution in [3.8, 4) is 0 Å². The van der Waals surface area contributed by atoms with Crippen LogP contribution in [0.5, 0.6) is 0 Å². The molecule has 2 aromatic rings. The van der Waals surface area contributed by atoms with E-state index in [2.05, 4.69) is 44.5 Å². The Labute approximate surface area is 125 Å². The van der Waals surface area contributed by atoms with Gasteiger partial charge in [0.15, 0.2) is 0 Å². The van der Waals surface area contributed by atoms with Crippen LogP contribution in [0.4, 0.5) is 11.6 Å². The molecule has 0 aliphatic carbocycles. The van der Waals surface area contributed by atoms with E-state index in [1.54, 1.807) is 0 Å². The highest BCUT2D eigenvalue weighted by Crippen LogP contribution is 2.20. The second kappa shape index (κ2) is 6.08. The van der Waals surface area contributed by atoms with E-state index in [0.717, 1.165) is 43.3 Å². The number of aryl methyl sites for hydroxylation is 2. The third-order valence-corrected chi connectivity index (χ3v) is 4.05. The van der Waals surface area contributed by atoms with Crippen molar-refractivity contribution in [2.45, 2.75) is 32.7 Å². The Balaban J connectivity index is 1.57. The first kappa shape index (κ1) is 13.8. The Morgan fingerprint density at radius 1 is 1.14 bits per heavy atom. The Bertz CT molecular complexity index is 591. The van der Waals surface area contributed by atoms with Gasteiger partial charge in [-0.25, -0.2) is 4.98 Å². The zero-order valence-corrected chi connectivity index (χ0v) is 12.6. The number of nitrogens with one attached hydrogen (secondary N) is 1. The van der Waals surface area contributed by atoms with Crippen molar-refractivity contribution in [2.75, 3.05) is 23.3 Å². The standard InChI is InChI=1S/C16H21N5/c1-12-11-15(20-19-13(12)2)18-14-6-9-21(10-7-14)16-5-3-4-8-17-16/h3-5,8,11,14H,6-7,9-10H2,1-2H3,(H,18,20). The zero-order chi connectivity index (χ0) is 14.7. The molecule has 1 saturated heterocycles. The SMILES string of the molecule is Cc1cc(NC2CCN(c3ccccn3)CC2)nnc1C. The molecular weight excluding hydrogens is 262 g/mol. The van der Waals surface area contributed by atoms with Crippen LogP contribution in [0.15, 0.2) is 30.5 Å². The average molecular weight is 283 g/mol. The van der Waals surface area contributed by atoms with Crippen molar-refractivity contribution in [3.63, 3.8) is 0 Å². The quantitative estimate of drug-likeness (QED) is 0.938. The molecule has 0 radical (unpaired) electrons. The molecule has 0 aromatic carbocycles. The maximum absolute atomic E-state index is 4.42. The molecule has 1 aliphatic rings. The van der Waals surface area contributed by atoms with Crippen LogP contribution in [0, 0.1) is 13.8 Å². The third-order valence-electron chi connectivity index (χ3n) is 4.05. The molecule has 0 atom stereocenters. The summed E-state index contributed by atoms with van der Waals surface area (Å²) in [5.41, 5.74) is 2.17. The molecule has 5 nitrogen and oxygen atoms in total. The van der Waals surface area contributed by atoms with E-state index in [0.29, 0.717) is 6.04 Å². The largest absolute Gasteiger partial charge is 0.366 e. The monoisotopic (exact) mass is 283 g/mol. The summed E-state index contributed by atoms with van der Waals surface area (Å²) in [7, 11) is 0. The van der Waals surface area contributed by atoms with Gasteiger partial charge in [-0.15, -0.1) is 5.10 Å². The van der Waals surface area contributed by atoms with E-state index in [4.69, 9.17) is 0 Å². The number of piperidine rings is 1. The molecule has 0 unspecified atom stereocenters. The zero-order valence-electron chi connectivity index (χ0n) is 12.6. The van der Waals surface area contributed by atoms with Gasteiger partial charge in [0.05, 0.1) is 5.69 Å². The number of anilines is 2. The molecule has 3 heterocycles. The minimum absolute atomic E-state index is 0.460. The summed E-state index contributed by atoms with van der Waals surface area (Å²) >= 11 is 0. The van der Waals surface area contributed by atoms with Crippen LogP contribution in [-0.2, 0) is 0 Å². The molecule has 21 heavy (non-hydrogen) atoms. The van der Waals surface area contributed by atoms with Crippen LogP contribution >= 0.6 is 0 Å². The van der Waals surface area contributed by atoms with E-state index in [-0.39, 0.29) is 0 Å². The van der Waals surface area contributed by atoms with E-state index in [9.17, 15) is 0 Å². The lowest BCUT2D eigenvalue weighted by Crippen LogP contribution is -2.39. The fourth-order valence-electron chi connectivity index (χ4n) is 2.62. The van der Waals surface area contributed by atoms with E-state index in [1.807, 2.05) is 25.3 Å². The summed E-state index contributed by atoms with van der Waals surface area (Å²) in [6.07, 6.45) is 4.03. The third kappa shape index (κ3) is 3.29. The minimum Gasteiger partial charge on any atom is -0.366 e. The van der Waals surface area contributed by atoms with Crippen LogP contribution in [-0.4, -0.2) is 34.3 Å². The van der Waals surface area contributed by atoms with Gasteiger partial charge < -0.3 is 10.2 Å². The van der Waals surface area contributed by atoms with Crippen LogP contribution < -0.4 is 10.2 Å². The molecule has 0 saturated carbocycles. The number of aromatic nitrogens is 3. The van der Waals surface area contributed by atoms with Gasteiger partial charge in [0.25, 0.3) is 0 Å². The lowest BCUT2D eigenvalue weighted by Gasteiger charge is -2.33. The summed E-state index contributed by atoms with van der Waals surface area (Å²) in [5, 5.41) is 11.9. The molecule has 3 rings (SSSR count). The first-order valence-electron chi connectivity index (χ1n) is 7.46. The van der Waals surface area contributed by atoms with Crippen molar-refractivity contribution < 1.29 is 0 Å². The van der Waals surface area contributed by atoms with Crippen LogP contribution in [0.1, 0.15) is 24.1 Å². The molecule has 2 aromatic heterocycles. The minimum atomic E-state index is 0.460. The Kier molecular flexibility index (Phi) is 3.99. The molecule has 0 amide bonds. The molecule has 110 valence electrons. The number of hydrogen-bond acceptors (Lipinski definition) is 5. The van der Waals surface area contributed by atoms with Crippen molar-refractivity contribution in [1.82, 2.24) is 15.2 Å². The number of rotatable bonds is 3. The van der Waals surface area contributed by atoms with Gasteiger partial charge in [-0.1, -0.05) is 6.07 Å². The topological polar surface area (TPSA) is 53.9 Å². The number of pyridine rings is 1. The second-order valence-corrected chi connectivity index (χ2v) is 5.59. The fraction of sp³-hybridized carbons (Fsp3) is 0.438. The highest BCUT2D eigenvalue weighted by Gasteiger charge is 2.20. The summed E-state index contributed by atoms with van der Waals surface area (Å²) in [4.78, 5) is 6.75. The van der Waals surface area contributed by atoms with Gasteiger partial charge in [-0.3, -0.25) is 0 Å². The number of hydrogen-bond donors (Lipinski definition) is 1. The van der Waals surface area contributed by atoms with Gasteiger partial charge >= 0.3 is 0 Å². The van der Waals surface area contributed by atoms with E-state index in [1.165, 1.54) is 5.56 Å².